The molecule has 0 aromatic carbocycles. The molecule has 1 fully saturated rings. The molecule has 0 bridgehead atoms. The van der Waals surface area contributed by atoms with Crippen molar-refractivity contribution in [2.45, 2.75) is 38.3 Å². The number of rotatable bonds is 7. The fourth-order valence-corrected chi connectivity index (χ4v) is 2.48. The van der Waals surface area contributed by atoms with E-state index in [0.29, 0.717) is 19.5 Å². The van der Waals surface area contributed by atoms with Crippen LogP contribution in [0.2, 0.25) is 0 Å². The molecule has 20 heavy (non-hydrogen) atoms. The summed E-state index contributed by atoms with van der Waals surface area (Å²) in [7, 11) is -1.62. The summed E-state index contributed by atoms with van der Waals surface area (Å²) >= 11 is 0. The molecular weight excluding hydrogens is 282 g/mol. The minimum Gasteiger partial charge on any atom is -0.376 e. The summed E-state index contributed by atoms with van der Waals surface area (Å²) < 4.78 is 29.1. The molecule has 1 aliphatic heterocycles. The Morgan fingerprint density at radius 3 is 2.75 bits per heavy atom. The van der Waals surface area contributed by atoms with Crippen LogP contribution in [-0.2, 0) is 14.8 Å². The highest BCUT2D eigenvalue weighted by Crippen LogP contribution is 2.15. The molecule has 0 aliphatic carbocycles. The van der Waals surface area contributed by atoms with Gasteiger partial charge in [-0.2, -0.15) is 0 Å². The molecule has 2 N–H and O–H groups in total. The third kappa shape index (κ3) is 6.06. The predicted molar refractivity (Wildman–Crippen MR) is 77.1 cm³/mol. The first-order valence-corrected chi connectivity index (χ1v) is 8.73. The molecule has 0 saturated carbocycles. The van der Waals surface area contributed by atoms with Gasteiger partial charge in [0, 0.05) is 26.7 Å². The van der Waals surface area contributed by atoms with Crippen LogP contribution in [0.4, 0.5) is 4.79 Å². The van der Waals surface area contributed by atoms with Crippen molar-refractivity contribution in [2.75, 3.05) is 33.0 Å². The molecule has 1 heterocycles. The zero-order chi connectivity index (χ0) is 15.2. The Morgan fingerprint density at radius 1 is 1.50 bits per heavy atom. The molecule has 8 heteroatoms. The van der Waals surface area contributed by atoms with Gasteiger partial charge in [0.25, 0.3) is 0 Å². The Kier molecular flexibility index (Phi) is 6.70. The monoisotopic (exact) mass is 307 g/mol. The van der Waals surface area contributed by atoms with Crippen molar-refractivity contribution in [1.82, 2.24) is 14.9 Å². The van der Waals surface area contributed by atoms with E-state index in [4.69, 9.17) is 4.74 Å². The SMILES string of the molecule is C[C@@H](NC(=O)NCCCN(C)S(C)(=O)=O)[C@@H]1CCCO1. The highest BCUT2D eigenvalue weighted by atomic mass is 32.2. The van der Waals surface area contributed by atoms with Gasteiger partial charge in [-0.05, 0) is 26.2 Å². The minimum absolute atomic E-state index is 0.0174. The molecular formula is C12H25N3O4S. The van der Waals surface area contributed by atoms with E-state index in [1.165, 1.54) is 11.4 Å². The zero-order valence-electron chi connectivity index (χ0n) is 12.4. The second-order valence-electron chi connectivity index (χ2n) is 5.18. The quantitative estimate of drug-likeness (QED) is 0.655. The fourth-order valence-electron chi connectivity index (χ4n) is 2.02. The third-order valence-corrected chi connectivity index (χ3v) is 4.70. The molecule has 0 aromatic heterocycles. The number of carbonyl (C=O) groups excluding carboxylic acids is 1. The maximum absolute atomic E-state index is 11.6. The van der Waals surface area contributed by atoms with E-state index in [1.54, 1.807) is 0 Å². The van der Waals surface area contributed by atoms with Gasteiger partial charge in [-0.15, -0.1) is 0 Å². The summed E-state index contributed by atoms with van der Waals surface area (Å²) in [6.45, 7) is 3.51. The molecule has 0 aromatic rings. The molecule has 2 amide bonds. The van der Waals surface area contributed by atoms with Crippen LogP contribution >= 0.6 is 0 Å². The normalized spacial score (nSPS) is 20.9. The first kappa shape index (κ1) is 17.2. The van der Waals surface area contributed by atoms with E-state index < -0.39 is 10.0 Å². The Balaban J connectivity index is 2.14. The van der Waals surface area contributed by atoms with Crippen molar-refractivity contribution in [3.05, 3.63) is 0 Å². The van der Waals surface area contributed by atoms with Crippen LogP contribution in [0.1, 0.15) is 26.2 Å². The molecule has 0 spiro atoms. The summed E-state index contributed by atoms with van der Waals surface area (Å²) in [4.78, 5) is 11.6. The first-order chi connectivity index (χ1) is 9.30. The zero-order valence-corrected chi connectivity index (χ0v) is 13.2. The highest BCUT2D eigenvalue weighted by Gasteiger charge is 2.23. The van der Waals surface area contributed by atoms with Crippen molar-refractivity contribution in [3.63, 3.8) is 0 Å². The number of ether oxygens (including phenoxy) is 1. The average Bonchev–Trinajstić information content (AvgIpc) is 2.86. The van der Waals surface area contributed by atoms with Gasteiger partial charge in [0.05, 0.1) is 18.4 Å². The number of hydrogen-bond acceptors (Lipinski definition) is 4. The lowest BCUT2D eigenvalue weighted by atomic mass is 10.1. The van der Waals surface area contributed by atoms with Crippen molar-refractivity contribution in [1.29, 1.82) is 0 Å². The maximum atomic E-state index is 11.6. The molecule has 1 aliphatic rings. The molecule has 0 unspecified atom stereocenters. The van der Waals surface area contributed by atoms with Gasteiger partial charge in [-0.1, -0.05) is 0 Å². The van der Waals surface area contributed by atoms with Crippen LogP contribution in [0.15, 0.2) is 0 Å². The van der Waals surface area contributed by atoms with Crippen molar-refractivity contribution in [2.24, 2.45) is 0 Å². The van der Waals surface area contributed by atoms with Crippen LogP contribution in [-0.4, -0.2) is 63.9 Å². The highest BCUT2D eigenvalue weighted by molar-refractivity contribution is 7.88. The Hall–Kier alpha value is -0.860. The van der Waals surface area contributed by atoms with Crippen LogP contribution in [0, 0.1) is 0 Å². The van der Waals surface area contributed by atoms with Gasteiger partial charge in [0.2, 0.25) is 10.0 Å². The van der Waals surface area contributed by atoms with E-state index in [-0.39, 0.29) is 18.2 Å². The van der Waals surface area contributed by atoms with E-state index in [1.807, 2.05) is 6.92 Å². The lowest BCUT2D eigenvalue weighted by Gasteiger charge is -2.20. The number of amides is 2. The number of carbonyl (C=O) groups is 1. The van der Waals surface area contributed by atoms with Crippen LogP contribution in [0.5, 0.6) is 0 Å². The van der Waals surface area contributed by atoms with Gasteiger partial charge < -0.3 is 15.4 Å². The second kappa shape index (κ2) is 7.80. The van der Waals surface area contributed by atoms with Crippen LogP contribution in [0.25, 0.3) is 0 Å². The van der Waals surface area contributed by atoms with Gasteiger partial charge in [-0.3, -0.25) is 0 Å². The van der Waals surface area contributed by atoms with E-state index in [2.05, 4.69) is 10.6 Å². The topological polar surface area (TPSA) is 87.7 Å². The standard InChI is InChI=1S/C12H25N3O4S/c1-10(11-6-4-9-19-11)14-12(16)13-7-5-8-15(2)20(3,17)18/h10-11H,4-9H2,1-3H3,(H2,13,14,16)/t10-,11+/m1/s1. The van der Waals surface area contributed by atoms with Crippen molar-refractivity contribution >= 4 is 16.1 Å². The van der Waals surface area contributed by atoms with Crippen LogP contribution < -0.4 is 10.6 Å². The summed E-state index contributed by atoms with van der Waals surface area (Å²) in [5.74, 6) is 0. The van der Waals surface area contributed by atoms with E-state index in [0.717, 1.165) is 25.7 Å². The van der Waals surface area contributed by atoms with E-state index in [9.17, 15) is 13.2 Å². The number of urea groups is 1. The molecule has 0 radical (unpaired) electrons. The number of hydrogen-bond donors (Lipinski definition) is 2. The van der Waals surface area contributed by atoms with Crippen molar-refractivity contribution < 1.29 is 17.9 Å². The summed E-state index contributed by atoms with van der Waals surface area (Å²) in [5, 5.41) is 5.55. The number of nitrogens with one attached hydrogen (secondary N) is 2. The van der Waals surface area contributed by atoms with Gasteiger partial charge in [0.1, 0.15) is 0 Å². The largest absolute Gasteiger partial charge is 0.376 e. The molecule has 1 saturated heterocycles. The average molecular weight is 307 g/mol. The fraction of sp³-hybridized carbons (Fsp3) is 0.917. The van der Waals surface area contributed by atoms with Gasteiger partial charge in [-0.25, -0.2) is 17.5 Å². The van der Waals surface area contributed by atoms with Crippen LogP contribution in [0.3, 0.4) is 0 Å². The molecule has 1 rings (SSSR count). The van der Waals surface area contributed by atoms with Gasteiger partial charge >= 0.3 is 6.03 Å². The maximum Gasteiger partial charge on any atom is 0.315 e. The molecule has 2 atom stereocenters. The second-order valence-corrected chi connectivity index (χ2v) is 7.27. The minimum atomic E-state index is -3.15. The van der Waals surface area contributed by atoms with Crippen molar-refractivity contribution in [3.8, 4) is 0 Å². The third-order valence-electron chi connectivity index (χ3n) is 3.38. The lowest BCUT2D eigenvalue weighted by molar-refractivity contribution is 0.0860. The Labute approximate surface area is 121 Å². The molecule has 7 nitrogen and oxygen atoms in total. The predicted octanol–water partition coefficient (Wildman–Crippen LogP) is 0.135. The summed E-state index contributed by atoms with van der Waals surface area (Å²) in [6.07, 6.45) is 3.84. The summed E-state index contributed by atoms with van der Waals surface area (Å²) in [6, 6.07) is -0.258. The Morgan fingerprint density at radius 2 is 2.20 bits per heavy atom. The van der Waals surface area contributed by atoms with E-state index >= 15 is 0 Å². The summed E-state index contributed by atoms with van der Waals surface area (Å²) in [5.41, 5.74) is 0. The molecule has 118 valence electrons. The number of sulfonamides is 1. The number of nitrogens with zero attached hydrogens (tertiary/aromatic N) is 1. The Bertz CT molecular complexity index is 407. The first-order valence-electron chi connectivity index (χ1n) is 6.88. The van der Waals surface area contributed by atoms with Gasteiger partial charge in [0.15, 0.2) is 0 Å². The lowest BCUT2D eigenvalue weighted by Crippen LogP contribution is -2.46. The smallest absolute Gasteiger partial charge is 0.315 e.